The Kier molecular flexibility index (Phi) is 3.37. The summed E-state index contributed by atoms with van der Waals surface area (Å²) < 4.78 is 0. The first-order chi connectivity index (χ1) is 6.19. The van der Waals surface area contributed by atoms with Gasteiger partial charge in [0.1, 0.15) is 5.00 Å². The van der Waals surface area contributed by atoms with Crippen molar-refractivity contribution in [1.29, 1.82) is 0 Å². The first-order valence-corrected chi connectivity index (χ1v) is 5.09. The molecule has 0 aliphatic heterocycles. The zero-order chi connectivity index (χ0) is 9.84. The first-order valence-electron chi connectivity index (χ1n) is 4.28. The molecule has 1 rings (SSSR count). The summed E-state index contributed by atoms with van der Waals surface area (Å²) in [5.74, 6) is 0.534. The van der Waals surface area contributed by atoms with Crippen LogP contribution in [0.2, 0.25) is 0 Å². The Balaban J connectivity index is 3.11. The molecule has 0 atom stereocenters. The van der Waals surface area contributed by atoms with Crippen LogP contribution in [0.15, 0.2) is 16.1 Å². The van der Waals surface area contributed by atoms with E-state index in [0.717, 1.165) is 10.7 Å². The number of thiophene rings is 1. The molecule has 0 saturated heterocycles. The van der Waals surface area contributed by atoms with Crippen LogP contribution >= 0.6 is 11.3 Å². The number of hydrogen-bond acceptors (Lipinski definition) is 3. The fraction of sp³-hybridized carbons (Fsp3) is 0.400. The van der Waals surface area contributed by atoms with E-state index < -0.39 is 0 Å². The second-order valence-corrected chi connectivity index (χ2v) is 4.10. The summed E-state index contributed by atoms with van der Waals surface area (Å²) in [6.07, 6.45) is 1.78. The van der Waals surface area contributed by atoms with Crippen LogP contribution in [0.1, 0.15) is 31.6 Å². The molecule has 0 radical (unpaired) electrons. The van der Waals surface area contributed by atoms with Crippen molar-refractivity contribution in [2.45, 2.75) is 26.7 Å². The zero-order valence-electron chi connectivity index (χ0n) is 8.24. The maximum Gasteiger partial charge on any atom is 0.141 e. The molecule has 0 unspecified atom stereocenters. The molecule has 0 bridgehead atoms. The molecule has 1 aromatic heterocycles. The number of aliphatic imine (C=N–C) groups is 2. The smallest absolute Gasteiger partial charge is 0.141 e. The summed E-state index contributed by atoms with van der Waals surface area (Å²) in [5, 5.41) is 0.918. The van der Waals surface area contributed by atoms with E-state index in [4.69, 9.17) is 0 Å². The molecule has 0 amide bonds. The Morgan fingerprint density at radius 2 is 2.23 bits per heavy atom. The van der Waals surface area contributed by atoms with Crippen LogP contribution in [0.5, 0.6) is 0 Å². The van der Waals surface area contributed by atoms with E-state index in [2.05, 4.69) is 36.6 Å². The third-order valence-electron chi connectivity index (χ3n) is 1.69. The highest BCUT2D eigenvalue weighted by Crippen LogP contribution is 2.39. The van der Waals surface area contributed by atoms with E-state index in [-0.39, 0.29) is 0 Å². The average molecular weight is 194 g/mol. The molecule has 0 spiro atoms. The molecular weight excluding hydrogens is 180 g/mol. The van der Waals surface area contributed by atoms with Gasteiger partial charge in [0, 0.05) is 11.1 Å². The highest BCUT2D eigenvalue weighted by atomic mass is 32.1. The van der Waals surface area contributed by atoms with Gasteiger partial charge >= 0.3 is 0 Å². The van der Waals surface area contributed by atoms with E-state index >= 15 is 0 Å². The first kappa shape index (κ1) is 10.1. The molecule has 0 aromatic carbocycles. The summed E-state index contributed by atoms with van der Waals surface area (Å²) >= 11 is 1.66. The summed E-state index contributed by atoms with van der Waals surface area (Å²) in [6, 6.07) is 2.08. The number of nitrogens with zero attached hydrogens (tertiary/aromatic N) is 2. The second-order valence-electron chi connectivity index (χ2n) is 3.04. The molecular formula is C10H14N2S. The van der Waals surface area contributed by atoms with Gasteiger partial charge in [-0.25, -0.2) is 0 Å². The lowest BCUT2D eigenvalue weighted by Gasteiger charge is -1.96. The summed E-state index contributed by atoms with van der Waals surface area (Å²) in [6.45, 7) is 9.77. The van der Waals surface area contributed by atoms with Gasteiger partial charge in [-0.2, -0.15) is 0 Å². The molecule has 0 aliphatic carbocycles. The van der Waals surface area contributed by atoms with Gasteiger partial charge in [0.15, 0.2) is 0 Å². The summed E-state index contributed by atoms with van der Waals surface area (Å²) in [4.78, 5) is 9.49. The van der Waals surface area contributed by atoms with Crippen molar-refractivity contribution in [2.75, 3.05) is 0 Å². The van der Waals surface area contributed by atoms with Crippen molar-refractivity contribution in [1.82, 2.24) is 0 Å². The van der Waals surface area contributed by atoms with Crippen molar-refractivity contribution in [3.05, 3.63) is 10.9 Å². The molecule has 1 heterocycles. The molecule has 1 aromatic rings. The van der Waals surface area contributed by atoms with Crippen LogP contribution in [0.4, 0.5) is 10.7 Å². The van der Waals surface area contributed by atoms with Crippen LogP contribution in [-0.2, 0) is 0 Å². The molecule has 0 saturated carbocycles. The van der Waals surface area contributed by atoms with Gasteiger partial charge in [-0.3, -0.25) is 9.98 Å². The number of hydrogen-bond donors (Lipinski definition) is 0. The van der Waals surface area contributed by atoms with E-state index in [0.29, 0.717) is 5.92 Å². The van der Waals surface area contributed by atoms with Gasteiger partial charge in [0.2, 0.25) is 0 Å². The fourth-order valence-electron chi connectivity index (χ4n) is 1.02. The third kappa shape index (κ3) is 2.25. The fourth-order valence-corrected chi connectivity index (χ4v) is 1.93. The van der Waals surface area contributed by atoms with Crippen LogP contribution in [-0.4, -0.2) is 12.9 Å². The van der Waals surface area contributed by atoms with Crippen molar-refractivity contribution >= 4 is 35.0 Å². The van der Waals surface area contributed by atoms with Gasteiger partial charge in [-0.1, -0.05) is 13.8 Å². The van der Waals surface area contributed by atoms with Crippen molar-refractivity contribution in [3.8, 4) is 0 Å². The van der Waals surface area contributed by atoms with Crippen LogP contribution < -0.4 is 0 Å². The molecule has 70 valence electrons. The minimum Gasteiger partial charge on any atom is -0.258 e. The second kappa shape index (κ2) is 4.33. The molecule has 13 heavy (non-hydrogen) atoms. The Bertz CT molecular complexity index is 324. The lowest BCUT2D eigenvalue weighted by atomic mass is 10.2. The molecule has 3 heteroatoms. The minimum absolute atomic E-state index is 0.534. The van der Waals surface area contributed by atoms with Crippen molar-refractivity contribution in [3.63, 3.8) is 0 Å². The van der Waals surface area contributed by atoms with Gasteiger partial charge in [-0.15, -0.1) is 11.3 Å². The normalized spacial score (nSPS) is 11.4. The highest BCUT2D eigenvalue weighted by molar-refractivity contribution is 7.16. The molecule has 0 N–H and O–H groups in total. The topological polar surface area (TPSA) is 24.7 Å². The van der Waals surface area contributed by atoms with Gasteiger partial charge in [0.05, 0.1) is 5.69 Å². The maximum absolute atomic E-state index is 4.23. The zero-order valence-corrected chi connectivity index (χ0v) is 9.06. The predicted molar refractivity (Wildman–Crippen MR) is 61.4 cm³/mol. The van der Waals surface area contributed by atoms with E-state index in [1.54, 1.807) is 17.6 Å². The monoisotopic (exact) mass is 194 g/mol. The maximum atomic E-state index is 4.23. The molecule has 2 nitrogen and oxygen atoms in total. The summed E-state index contributed by atoms with van der Waals surface area (Å²) in [5.41, 5.74) is 0.936. The Morgan fingerprint density at radius 3 is 2.69 bits per heavy atom. The largest absolute Gasteiger partial charge is 0.258 e. The average Bonchev–Trinajstić information content (AvgIpc) is 2.48. The Morgan fingerprint density at radius 1 is 1.54 bits per heavy atom. The van der Waals surface area contributed by atoms with E-state index in [9.17, 15) is 0 Å². The van der Waals surface area contributed by atoms with Crippen LogP contribution in [0.3, 0.4) is 0 Å². The standard InChI is InChI=1S/C10H14N2S/c1-5-12-8-6-9(7(2)3)13-10(8)11-4/h5-7H,4H2,1-3H3/b12-5-. The van der Waals surface area contributed by atoms with E-state index in [1.807, 2.05) is 6.92 Å². The molecule has 0 aliphatic rings. The molecule has 0 fully saturated rings. The Labute approximate surface area is 83.1 Å². The van der Waals surface area contributed by atoms with Crippen LogP contribution in [0.25, 0.3) is 0 Å². The van der Waals surface area contributed by atoms with Crippen LogP contribution in [0, 0.1) is 0 Å². The van der Waals surface area contributed by atoms with E-state index in [1.165, 1.54) is 4.88 Å². The minimum atomic E-state index is 0.534. The lowest BCUT2D eigenvalue weighted by Crippen LogP contribution is -1.77. The predicted octanol–water partition coefficient (Wildman–Crippen LogP) is 3.93. The quantitative estimate of drug-likeness (QED) is 0.651. The van der Waals surface area contributed by atoms with Gasteiger partial charge < -0.3 is 0 Å². The Hall–Kier alpha value is -0.960. The van der Waals surface area contributed by atoms with Gasteiger partial charge in [-0.05, 0) is 25.6 Å². The summed E-state index contributed by atoms with van der Waals surface area (Å²) in [7, 11) is 0. The van der Waals surface area contributed by atoms with Gasteiger partial charge in [0.25, 0.3) is 0 Å². The van der Waals surface area contributed by atoms with Crippen molar-refractivity contribution in [2.24, 2.45) is 9.98 Å². The SMILES string of the molecule is C=Nc1sc(C(C)C)cc1/N=C\C. The third-order valence-corrected chi connectivity index (χ3v) is 3.05. The number of rotatable bonds is 3. The highest BCUT2D eigenvalue weighted by Gasteiger charge is 2.08. The van der Waals surface area contributed by atoms with Crippen molar-refractivity contribution < 1.29 is 0 Å². The lowest BCUT2D eigenvalue weighted by molar-refractivity contribution is 0.890.